The van der Waals surface area contributed by atoms with Crippen LogP contribution in [0.3, 0.4) is 0 Å². The first-order valence-electron chi connectivity index (χ1n) is 3.87. The van der Waals surface area contributed by atoms with E-state index in [4.69, 9.17) is 0 Å². The molecule has 1 aromatic heterocycles. The summed E-state index contributed by atoms with van der Waals surface area (Å²) in [6.45, 7) is -5.13. The minimum Gasteiger partial charge on any atom is -0.445 e. The minimum absolute atomic E-state index is 0.138. The zero-order valence-electron chi connectivity index (χ0n) is 7.69. The lowest BCUT2D eigenvalue weighted by Gasteiger charge is -2.13. The monoisotopic (exact) mass is 239 g/mol. The van der Waals surface area contributed by atoms with E-state index in [-0.39, 0.29) is 5.82 Å². The molecule has 84 valence electrons. The number of hydrogen-bond acceptors (Lipinski definition) is 4. The molecule has 0 radical (unpaired) electrons. The van der Waals surface area contributed by atoms with Crippen LogP contribution in [0.4, 0.5) is 12.9 Å². The highest BCUT2D eigenvalue weighted by atomic mass is 32.2. The molecule has 0 bridgehead atoms. The molecule has 0 unspecified atom stereocenters. The van der Waals surface area contributed by atoms with Gasteiger partial charge in [0.25, 0.3) is 0 Å². The fourth-order valence-electron chi connectivity index (χ4n) is 0.843. The number of halogens is 3. The van der Waals surface area contributed by atoms with Gasteiger partial charge in [0, 0.05) is 18.6 Å². The van der Waals surface area contributed by atoms with Gasteiger partial charge in [-0.2, -0.15) is 0 Å². The summed E-state index contributed by atoms with van der Waals surface area (Å²) >= 11 is 0. The maximum absolute atomic E-state index is 12.1. The van der Waals surface area contributed by atoms with Crippen molar-refractivity contribution in [1.82, 2.24) is 9.97 Å². The summed E-state index contributed by atoms with van der Waals surface area (Å²) in [5.74, 6) is -0.598. The number of hydrogen-bond donors (Lipinski definition) is 0. The minimum atomic E-state index is -5.13. The molecule has 0 saturated heterocycles. The standard InChI is InChI=1S/C6H7BF3N2O2S/c1-15(13,14)4-6-11-2-5(3-12-6)7(8,9)10/h2-3H,4H2,1H3/q-1. The summed E-state index contributed by atoms with van der Waals surface area (Å²) in [4.78, 5) is 6.67. The van der Waals surface area contributed by atoms with Crippen LogP contribution in [0.1, 0.15) is 5.82 Å². The molecule has 0 aliphatic rings. The van der Waals surface area contributed by atoms with Gasteiger partial charge in [0.05, 0.1) is 0 Å². The van der Waals surface area contributed by atoms with Gasteiger partial charge in [-0.15, -0.1) is 0 Å². The van der Waals surface area contributed by atoms with Crippen molar-refractivity contribution in [2.75, 3.05) is 6.26 Å². The van der Waals surface area contributed by atoms with Gasteiger partial charge in [0.2, 0.25) is 0 Å². The molecule has 0 aliphatic heterocycles. The van der Waals surface area contributed by atoms with Crippen LogP contribution >= 0.6 is 0 Å². The van der Waals surface area contributed by atoms with Gasteiger partial charge >= 0.3 is 6.98 Å². The van der Waals surface area contributed by atoms with E-state index >= 15 is 0 Å². The van der Waals surface area contributed by atoms with E-state index in [0.29, 0.717) is 12.4 Å². The maximum Gasteiger partial charge on any atom is 0.512 e. The molecule has 0 aliphatic carbocycles. The third-order valence-electron chi connectivity index (χ3n) is 1.49. The lowest BCUT2D eigenvalue weighted by atomic mass is 9.83. The van der Waals surface area contributed by atoms with Crippen LogP contribution in [-0.2, 0) is 15.6 Å². The van der Waals surface area contributed by atoms with E-state index in [9.17, 15) is 21.4 Å². The Bertz CT molecular complexity index is 442. The zero-order valence-corrected chi connectivity index (χ0v) is 8.51. The molecular formula is C6H7BF3N2O2S-. The Labute approximate surface area is 84.5 Å². The van der Waals surface area contributed by atoms with Gasteiger partial charge in [0.1, 0.15) is 11.6 Å². The van der Waals surface area contributed by atoms with E-state index in [0.717, 1.165) is 6.26 Å². The summed E-state index contributed by atoms with van der Waals surface area (Å²) in [5, 5.41) is 0. The fourth-order valence-corrected chi connectivity index (χ4v) is 1.46. The van der Waals surface area contributed by atoms with Crippen molar-refractivity contribution in [3.8, 4) is 0 Å². The quantitative estimate of drug-likeness (QED) is 0.700. The Morgan fingerprint density at radius 1 is 1.27 bits per heavy atom. The molecule has 0 spiro atoms. The van der Waals surface area contributed by atoms with E-state index in [1.165, 1.54) is 0 Å². The topological polar surface area (TPSA) is 59.9 Å². The predicted octanol–water partition coefficient (Wildman–Crippen LogP) is 0.0756. The Morgan fingerprint density at radius 3 is 2.07 bits per heavy atom. The van der Waals surface area contributed by atoms with Crippen molar-refractivity contribution in [2.45, 2.75) is 5.75 Å². The highest BCUT2D eigenvalue weighted by Crippen LogP contribution is 2.07. The van der Waals surface area contributed by atoms with Crippen molar-refractivity contribution >= 4 is 22.3 Å². The molecule has 15 heavy (non-hydrogen) atoms. The largest absolute Gasteiger partial charge is 0.512 e. The molecule has 0 aromatic carbocycles. The molecule has 1 rings (SSSR count). The molecule has 9 heteroatoms. The van der Waals surface area contributed by atoms with Crippen LogP contribution in [0, 0.1) is 0 Å². The Hall–Kier alpha value is -1.12. The van der Waals surface area contributed by atoms with Crippen LogP contribution in [0.2, 0.25) is 0 Å². The maximum atomic E-state index is 12.1. The summed E-state index contributed by atoms with van der Waals surface area (Å²) in [6.07, 6.45) is 2.14. The lowest BCUT2D eigenvalue weighted by Crippen LogP contribution is -2.35. The van der Waals surface area contributed by atoms with Crippen molar-refractivity contribution in [2.24, 2.45) is 0 Å². The van der Waals surface area contributed by atoms with E-state index in [1.54, 1.807) is 0 Å². The molecule has 0 atom stereocenters. The summed E-state index contributed by atoms with van der Waals surface area (Å²) in [7, 11) is -3.33. The third kappa shape index (κ3) is 3.86. The first-order chi connectivity index (χ1) is 6.68. The molecule has 1 heterocycles. The molecule has 4 nitrogen and oxygen atoms in total. The van der Waals surface area contributed by atoms with Crippen molar-refractivity contribution < 1.29 is 21.4 Å². The van der Waals surface area contributed by atoms with Crippen LogP contribution in [0.25, 0.3) is 0 Å². The molecular weight excluding hydrogens is 232 g/mol. The number of sulfone groups is 1. The average molecular weight is 239 g/mol. The van der Waals surface area contributed by atoms with Crippen LogP contribution in [-0.4, -0.2) is 31.6 Å². The smallest absolute Gasteiger partial charge is 0.445 e. The molecule has 0 saturated carbocycles. The second-order valence-corrected chi connectivity index (χ2v) is 5.22. The number of nitrogens with zero attached hydrogens (tertiary/aromatic N) is 2. The van der Waals surface area contributed by atoms with Gasteiger partial charge in [0.15, 0.2) is 9.84 Å². The number of rotatable bonds is 3. The van der Waals surface area contributed by atoms with Crippen molar-refractivity contribution in [1.29, 1.82) is 0 Å². The first-order valence-corrected chi connectivity index (χ1v) is 5.93. The fraction of sp³-hybridized carbons (Fsp3) is 0.333. The Kier molecular flexibility index (Phi) is 3.03. The van der Waals surface area contributed by atoms with E-state index < -0.39 is 28.0 Å². The summed E-state index contributed by atoms with van der Waals surface area (Å²) in [5.41, 5.74) is -0.938. The molecule has 0 N–H and O–H groups in total. The van der Waals surface area contributed by atoms with Gasteiger partial charge < -0.3 is 12.9 Å². The Balaban J connectivity index is 2.91. The van der Waals surface area contributed by atoms with E-state index in [2.05, 4.69) is 9.97 Å². The van der Waals surface area contributed by atoms with Crippen LogP contribution < -0.4 is 5.46 Å². The normalized spacial score (nSPS) is 12.8. The Morgan fingerprint density at radius 2 is 1.73 bits per heavy atom. The molecule has 0 fully saturated rings. The van der Waals surface area contributed by atoms with E-state index in [1.807, 2.05) is 0 Å². The van der Waals surface area contributed by atoms with Crippen molar-refractivity contribution in [3.63, 3.8) is 0 Å². The zero-order chi connectivity index (χ0) is 11.7. The highest BCUT2D eigenvalue weighted by molar-refractivity contribution is 7.89. The average Bonchev–Trinajstić information content (AvgIpc) is 2.00. The second-order valence-electron chi connectivity index (χ2n) is 3.08. The van der Waals surface area contributed by atoms with Crippen LogP contribution in [0.15, 0.2) is 12.4 Å². The lowest BCUT2D eigenvalue weighted by molar-refractivity contribution is 0.500. The van der Waals surface area contributed by atoms with Crippen LogP contribution in [0.5, 0.6) is 0 Å². The summed E-state index contributed by atoms with van der Waals surface area (Å²) in [6, 6.07) is 0. The van der Waals surface area contributed by atoms with Crippen molar-refractivity contribution in [3.05, 3.63) is 18.2 Å². The molecule has 0 amide bonds. The first kappa shape index (κ1) is 12.0. The van der Waals surface area contributed by atoms with Gasteiger partial charge in [-0.3, -0.25) is 0 Å². The molecule has 1 aromatic rings. The summed E-state index contributed by atoms with van der Waals surface area (Å²) < 4.78 is 57.9. The van der Waals surface area contributed by atoms with Gasteiger partial charge in [-0.25, -0.2) is 18.4 Å². The van der Waals surface area contributed by atoms with Gasteiger partial charge in [-0.05, 0) is 0 Å². The number of aromatic nitrogens is 2. The predicted molar refractivity (Wildman–Crippen MR) is 49.3 cm³/mol. The third-order valence-corrected chi connectivity index (χ3v) is 2.28. The highest BCUT2D eigenvalue weighted by Gasteiger charge is 2.26. The van der Waals surface area contributed by atoms with Gasteiger partial charge in [-0.1, -0.05) is 5.46 Å². The second kappa shape index (κ2) is 3.80. The SMILES string of the molecule is CS(=O)(=O)Cc1ncc([B-](F)(F)F)cn1.